The molecule has 1 aromatic heterocycles. The molecule has 0 bridgehead atoms. The fourth-order valence-electron chi connectivity index (χ4n) is 6.84. The quantitative estimate of drug-likeness (QED) is 0.785. The van der Waals surface area contributed by atoms with Crippen LogP contribution < -0.4 is 0 Å². The van der Waals surface area contributed by atoms with Gasteiger partial charge in [0.2, 0.25) is 0 Å². The third-order valence-corrected chi connectivity index (χ3v) is 8.25. The van der Waals surface area contributed by atoms with Crippen LogP contribution in [-0.2, 0) is 0 Å². The summed E-state index contributed by atoms with van der Waals surface area (Å²) in [5, 5.41) is 19.0. The van der Waals surface area contributed by atoms with Gasteiger partial charge < -0.3 is 5.11 Å². The Labute approximate surface area is 150 Å². The molecular formula is C21H29N3O. The first-order chi connectivity index (χ1) is 12.0. The molecule has 134 valence electrons. The van der Waals surface area contributed by atoms with E-state index in [1.54, 1.807) is 18.0 Å². The summed E-state index contributed by atoms with van der Waals surface area (Å²) >= 11 is 0. The maximum Gasteiger partial charge on any atom is 0.0697 e. The van der Waals surface area contributed by atoms with Crippen molar-refractivity contribution in [3.8, 4) is 0 Å². The summed E-state index contributed by atoms with van der Waals surface area (Å²) in [5.74, 6) is 2.23. The Kier molecular flexibility index (Phi) is 3.35. The van der Waals surface area contributed by atoms with Gasteiger partial charge in [0.15, 0.2) is 0 Å². The molecule has 0 aromatic carbocycles. The van der Waals surface area contributed by atoms with Crippen molar-refractivity contribution in [1.82, 2.24) is 15.0 Å². The zero-order valence-corrected chi connectivity index (χ0v) is 15.4. The van der Waals surface area contributed by atoms with Gasteiger partial charge in [0.05, 0.1) is 24.2 Å². The summed E-state index contributed by atoms with van der Waals surface area (Å²) in [6, 6.07) is 0. The number of aromatic nitrogens is 3. The topological polar surface area (TPSA) is 50.9 Å². The molecule has 1 N–H and O–H groups in total. The van der Waals surface area contributed by atoms with Gasteiger partial charge in [-0.1, -0.05) is 31.6 Å². The molecule has 4 nitrogen and oxygen atoms in total. The Bertz CT molecular complexity index is 736. The van der Waals surface area contributed by atoms with Crippen molar-refractivity contribution in [3.05, 3.63) is 30.1 Å². The number of rotatable bonds is 1. The highest BCUT2D eigenvalue weighted by Gasteiger charge is 2.57. The van der Waals surface area contributed by atoms with E-state index in [1.807, 2.05) is 4.80 Å². The number of aliphatic hydroxyl groups is 1. The molecule has 0 radical (unpaired) electrons. The van der Waals surface area contributed by atoms with Crippen molar-refractivity contribution >= 4 is 5.70 Å². The second kappa shape index (κ2) is 5.29. The third-order valence-electron chi connectivity index (χ3n) is 8.25. The maximum atomic E-state index is 10.1. The van der Waals surface area contributed by atoms with E-state index in [2.05, 4.69) is 36.2 Å². The molecule has 4 aliphatic carbocycles. The second-order valence-electron chi connectivity index (χ2n) is 9.26. The maximum absolute atomic E-state index is 10.1. The highest BCUT2D eigenvalue weighted by Crippen LogP contribution is 2.65. The van der Waals surface area contributed by atoms with Gasteiger partial charge in [0, 0.05) is 5.41 Å². The molecule has 5 rings (SSSR count). The Morgan fingerprint density at radius 1 is 1.00 bits per heavy atom. The third kappa shape index (κ3) is 2.09. The van der Waals surface area contributed by atoms with Crippen molar-refractivity contribution < 1.29 is 5.11 Å². The van der Waals surface area contributed by atoms with Crippen molar-refractivity contribution in [1.29, 1.82) is 0 Å². The minimum absolute atomic E-state index is 0.115. The predicted molar refractivity (Wildman–Crippen MR) is 97.4 cm³/mol. The number of allylic oxidation sites excluding steroid dienone is 3. The van der Waals surface area contributed by atoms with E-state index in [9.17, 15) is 5.11 Å². The summed E-state index contributed by atoms with van der Waals surface area (Å²) in [6.07, 6.45) is 16.3. The summed E-state index contributed by atoms with van der Waals surface area (Å²) in [4.78, 5) is 1.86. The van der Waals surface area contributed by atoms with Gasteiger partial charge in [-0.05, 0) is 68.1 Å². The van der Waals surface area contributed by atoms with E-state index in [0.717, 1.165) is 37.5 Å². The number of aliphatic hydroxyl groups excluding tert-OH is 1. The van der Waals surface area contributed by atoms with Gasteiger partial charge in [-0.15, -0.1) is 0 Å². The Balaban J connectivity index is 1.48. The Morgan fingerprint density at radius 3 is 2.56 bits per heavy atom. The van der Waals surface area contributed by atoms with E-state index in [1.165, 1.54) is 25.0 Å². The molecule has 0 unspecified atom stereocenters. The van der Waals surface area contributed by atoms with Gasteiger partial charge in [0.1, 0.15) is 0 Å². The molecular weight excluding hydrogens is 310 g/mol. The first-order valence-corrected chi connectivity index (χ1v) is 9.97. The Morgan fingerprint density at radius 2 is 1.76 bits per heavy atom. The lowest BCUT2D eigenvalue weighted by atomic mass is 9.48. The smallest absolute Gasteiger partial charge is 0.0697 e. The highest BCUT2D eigenvalue weighted by molar-refractivity contribution is 5.55. The summed E-state index contributed by atoms with van der Waals surface area (Å²) in [7, 11) is 0. The molecule has 4 heteroatoms. The first kappa shape index (κ1) is 15.8. The monoisotopic (exact) mass is 339 g/mol. The zero-order valence-electron chi connectivity index (χ0n) is 15.4. The van der Waals surface area contributed by atoms with Crippen LogP contribution in [0.3, 0.4) is 0 Å². The number of hydrogen-bond acceptors (Lipinski definition) is 3. The van der Waals surface area contributed by atoms with Crippen LogP contribution in [0, 0.1) is 28.6 Å². The summed E-state index contributed by atoms with van der Waals surface area (Å²) in [6.45, 7) is 4.94. The van der Waals surface area contributed by atoms with Crippen LogP contribution in [0.5, 0.6) is 0 Å². The van der Waals surface area contributed by atoms with Crippen LogP contribution >= 0.6 is 0 Å². The average Bonchev–Trinajstić information content (AvgIpc) is 3.22. The molecule has 4 aliphatic rings. The van der Waals surface area contributed by atoms with Crippen molar-refractivity contribution in [2.45, 2.75) is 64.9 Å². The lowest BCUT2D eigenvalue weighted by Gasteiger charge is -2.57. The van der Waals surface area contributed by atoms with Gasteiger partial charge in [-0.3, -0.25) is 0 Å². The van der Waals surface area contributed by atoms with Crippen molar-refractivity contribution in [2.75, 3.05) is 0 Å². The fourth-order valence-corrected chi connectivity index (χ4v) is 6.84. The number of hydrogen-bond donors (Lipinski definition) is 1. The molecule has 0 spiro atoms. The van der Waals surface area contributed by atoms with Crippen LogP contribution in [0.15, 0.2) is 30.1 Å². The van der Waals surface area contributed by atoms with Crippen LogP contribution in [-0.4, -0.2) is 26.2 Å². The van der Waals surface area contributed by atoms with Crippen LogP contribution in [0.25, 0.3) is 5.70 Å². The van der Waals surface area contributed by atoms with E-state index >= 15 is 0 Å². The van der Waals surface area contributed by atoms with Gasteiger partial charge in [0.25, 0.3) is 0 Å². The molecule has 1 heterocycles. The highest BCUT2D eigenvalue weighted by atomic mass is 16.3. The van der Waals surface area contributed by atoms with Gasteiger partial charge in [-0.2, -0.15) is 15.0 Å². The van der Waals surface area contributed by atoms with Crippen LogP contribution in [0.2, 0.25) is 0 Å². The molecule has 6 atom stereocenters. The van der Waals surface area contributed by atoms with E-state index in [0.29, 0.717) is 11.3 Å². The normalized spacial score (nSPS) is 45.9. The summed E-state index contributed by atoms with van der Waals surface area (Å²) in [5.41, 5.74) is 3.39. The largest absolute Gasteiger partial charge is 0.393 e. The van der Waals surface area contributed by atoms with Crippen molar-refractivity contribution in [2.24, 2.45) is 28.6 Å². The fraction of sp³-hybridized carbons (Fsp3) is 0.714. The molecule has 2 saturated carbocycles. The van der Waals surface area contributed by atoms with Gasteiger partial charge >= 0.3 is 0 Å². The van der Waals surface area contributed by atoms with Crippen molar-refractivity contribution in [3.63, 3.8) is 0 Å². The molecule has 0 aliphatic heterocycles. The van der Waals surface area contributed by atoms with E-state index < -0.39 is 0 Å². The van der Waals surface area contributed by atoms with Crippen LogP contribution in [0.4, 0.5) is 0 Å². The number of fused-ring (bicyclic) bond motifs is 5. The molecule has 0 saturated heterocycles. The number of nitrogens with zero attached hydrogens (tertiary/aromatic N) is 3. The Hall–Kier alpha value is -1.42. The second-order valence-corrected chi connectivity index (χ2v) is 9.26. The SMILES string of the molecule is C[C@]12CC[C@H](O)CC1=CC[C@@H]1[C@@H]2CC[C@]2(C)C(n3nccn3)=CC[C@@H]12. The minimum Gasteiger partial charge on any atom is -0.393 e. The minimum atomic E-state index is -0.115. The van der Waals surface area contributed by atoms with Gasteiger partial charge in [-0.25, -0.2) is 0 Å². The predicted octanol–water partition coefficient (Wildman–Crippen LogP) is 4.05. The molecule has 2 fully saturated rings. The molecule has 0 amide bonds. The van der Waals surface area contributed by atoms with E-state index in [4.69, 9.17) is 0 Å². The lowest BCUT2D eigenvalue weighted by molar-refractivity contribution is -0.0253. The molecule has 1 aromatic rings. The lowest BCUT2D eigenvalue weighted by Crippen LogP contribution is -2.50. The average molecular weight is 339 g/mol. The molecule has 25 heavy (non-hydrogen) atoms. The first-order valence-electron chi connectivity index (χ1n) is 9.97. The van der Waals surface area contributed by atoms with Crippen LogP contribution in [0.1, 0.15) is 58.8 Å². The standard InChI is InChI=1S/C21H29N3O/c1-20-9-7-15(25)13-14(20)3-4-16-17-5-6-19(24-22-11-12-23-24)21(17,2)10-8-18(16)20/h3,6,11-12,15-18,25H,4-5,7-10,13H2,1-2H3/t15-,16-,17-,18-,20-,21-/m0/s1. The van der Waals surface area contributed by atoms with E-state index in [-0.39, 0.29) is 11.5 Å². The summed E-state index contributed by atoms with van der Waals surface area (Å²) < 4.78 is 0. The zero-order chi connectivity index (χ0) is 17.2.